The standard InChI is InChI=1S/C12H15ClF2N2/c13-10-4-2-1-3-8(10)6-16-12-11(15)5-9(14)7-17-12/h5,7-8,10H,1-4,6H2,(H,16,17). The summed E-state index contributed by atoms with van der Waals surface area (Å²) in [6.07, 6.45) is 5.38. The lowest BCUT2D eigenvalue weighted by atomic mass is 9.89. The molecule has 1 fully saturated rings. The molecule has 0 saturated heterocycles. The minimum Gasteiger partial charge on any atom is -0.367 e. The lowest BCUT2D eigenvalue weighted by Crippen LogP contribution is -2.27. The maximum absolute atomic E-state index is 13.3. The zero-order valence-corrected chi connectivity index (χ0v) is 10.2. The molecule has 1 aromatic heterocycles. The average molecular weight is 261 g/mol. The highest BCUT2D eigenvalue weighted by atomic mass is 35.5. The molecular weight excluding hydrogens is 246 g/mol. The van der Waals surface area contributed by atoms with E-state index < -0.39 is 11.6 Å². The first-order chi connectivity index (χ1) is 8.16. The average Bonchev–Trinajstić information content (AvgIpc) is 2.30. The predicted octanol–water partition coefficient (Wildman–Crippen LogP) is 3.57. The molecule has 1 aliphatic rings. The molecule has 0 radical (unpaired) electrons. The van der Waals surface area contributed by atoms with Crippen molar-refractivity contribution in [2.75, 3.05) is 11.9 Å². The zero-order valence-electron chi connectivity index (χ0n) is 9.43. The van der Waals surface area contributed by atoms with Crippen molar-refractivity contribution in [1.82, 2.24) is 4.98 Å². The van der Waals surface area contributed by atoms with Gasteiger partial charge in [-0.3, -0.25) is 0 Å². The van der Waals surface area contributed by atoms with Gasteiger partial charge in [0.1, 0.15) is 5.82 Å². The molecule has 5 heteroatoms. The molecule has 2 unspecified atom stereocenters. The third-order valence-corrected chi connectivity index (χ3v) is 3.73. The molecule has 1 aliphatic carbocycles. The Kier molecular flexibility index (Phi) is 4.15. The van der Waals surface area contributed by atoms with Crippen LogP contribution in [0.15, 0.2) is 12.3 Å². The molecule has 2 atom stereocenters. The Morgan fingerprint density at radius 1 is 1.35 bits per heavy atom. The molecule has 94 valence electrons. The van der Waals surface area contributed by atoms with Crippen LogP contribution in [0.3, 0.4) is 0 Å². The SMILES string of the molecule is Fc1cnc(NCC2CCCCC2Cl)c(F)c1. The first-order valence-corrected chi connectivity index (χ1v) is 6.29. The van der Waals surface area contributed by atoms with Gasteiger partial charge in [-0.2, -0.15) is 0 Å². The van der Waals surface area contributed by atoms with Gasteiger partial charge in [0, 0.05) is 18.0 Å². The van der Waals surface area contributed by atoms with Gasteiger partial charge in [-0.1, -0.05) is 12.8 Å². The van der Waals surface area contributed by atoms with Gasteiger partial charge in [0.15, 0.2) is 11.6 Å². The molecule has 0 aliphatic heterocycles. The number of anilines is 1. The van der Waals surface area contributed by atoms with Crippen LogP contribution >= 0.6 is 11.6 Å². The van der Waals surface area contributed by atoms with Crippen molar-refractivity contribution < 1.29 is 8.78 Å². The van der Waals surface area contributed by atoms with Crippen molar-refractivity contribution in [3.8, 4) is 0 Å². The highest BCUT2D eigenvalue weighted by molar-refractivity contribution is 6.20. The molecular formula is C12H15ClF2N2. The maximum atomic E-state index is 13.3. The number of hydrogen-bond acceptors (Lipinski definition) is 2. The molecule has 0 bridgehead atoms. The van der Waals surface area contributed by atoms with Crippen LogP contribution in [0.25, 0.3) is 0 Å². The second-order valence-corrected chi connectivity index (χ2v) is 4.99. The van der Waals surface area contributed by atoms with Crippen molar-refractivity contribution in [3.05, 3.63) is 23.9 Å². The van der Waals surface area contributed by atoms with Crippen molar-refractivity contribution >= 4 is 17.4 Å². The van der Waals surface area contributed by atoms with E-state index in [1.54, 1.807) is 0 Å². The monoisotopic (exact) mass is 260 g/mol. The molecule has 2 rings (SSSR count). The largest absolute Gasteiger partial charge is 0.367 e. The third kappa shape index (κ3) is 3.28. The quantitative estimate of drug-likeness (QED) is 0.841. The summed E-state index contributed by atoms with van der Waals surface area (Å²) in [4.78, 5) is 3.68. The van der Waals surface area contributed by atoms with E-state index in [4.69, 9.17) is 11.6 Å². The van der Waals surface area contributed by atoms with Gasteiger partial charge in [-0.05, 0) is 18.8 Å². The minimum atomic E-state index is -0.666. The number of alkyl halides is 1. The Morgan fingerprint density at radius 2 is 2.12 bits per heavy atom. The highest BCUT2D eigenvalue weighted by Gasteiger charge is 2.23. The van der Waals surface area contributed by atoms with E-state index in [2.05, 4.69) is 10.3 Å². The summed E-state index contributed by atoms with van der Waals surface area (Å²) in [6, 6.07) is 0.828. The molecule has 1 N–H and O–H groups in total. The molecule has 1 aromatic rings. The molecule has 0 spiro atoms. The van der Waals surface area contributed by atoms with Gasteiger partial charge in [-0.15, -0.1) is 11.6 Å². The molecule has 1 saturated carbocycles. The molecule has 0 amide bonds. The minimum absolute atomic E-state index is 0.0980. The number of halogens is 3. The van der Waals surface area contributed by atoms with Crippen LogP contribution in [-0.2, 0) is 0 Å². The van der Waals surface area contributed by atoms with Crippen LogP contribution in [0.5, 0.6) is 0 Å². The summed E-state index contributed by atoms with van der Waals surface area (Å²) in [5.74, 6) is -0.898. The summed E-state index contributed by atoms with van der Waals surface area (Å²) in [5.41, 5.74) is 0. The molecule has 17 heavy (non-hydrogen) atoms. The number of aromatic nitrogens is 1. The number of nitrogens with one attached hydrogen (secondary N) is 1. The van der Waals surface area contributed by atoms with Crippen LogP contribution in [0.4, 0.5) is 14.6 Å². The van der Waals surface area contributed by atoms with Gasteiger partial charge in [0.05, 0.1) is 6.20 Å². The fraction of sp³-hybridized carbons (Fsp3) is 0.583. The second kappa shape index (κ2) is 5.63. The van der Waals surface area contributed by atoms with Crippen molar-refractivity contribution in [3.63, 3.8) is 0 Å². The Hall–Kier alpha value is -0.900. The Morgan fingerprint density at radius 3 is 2.82 bits per heavy atom. The summed E-state index contributed by atoms with van der Waals surface area (Å²) < 4.78 is 26.0. The van der Waals surface area contributed by atoms with E-state index in [0.29, 0.717) is 12.5 Å². The van der Waals surface area contributed by atoms with Crippen LogP contribution in [0.1, 0.15) is 25.7 Å². The first-order valence-electron chi connectivity index (χ1n) is 5.86. The molecule has 1 heterocycles. The van der Waals surface area contributed by atoms with Crippen LogP contribution in [-0.4, -0.2) is 16.9 Å². The number of hydrogen-bond donors (Lipinski definition) is 1. The topological polar surface area (TPSA) is 24.9 Å². The van der Waals surface area contributed by atoms with E-state index in [1.165, 1.54) is 0 Å². The number of nitrogens with zero attached hydrogens (tertiary/aromatic N) is 1. The lowest BCUT2D eigenvalue weighted by molar-refractivity contribution is 0.380. The second-order valence-electron chi connectivity index (χ2n) is 4.43. The number of rotatable bonds is 3. The van der Waals surface area contributed by atoms with Crippen molar-refractivity contribution in [2.45, 2.75) is 31.1 Å². The fourth-order valence-corrected chi connectivity index (χ4v) is 2.53. The summed E-state index contributed by atoms with van der Waals surface area (Å²) in [7, 11) is 0. The van der Waals surface area contributed by atoms with E-state index in [1.807, 2.05) is 0 Å². The summed E-state index contributed by atoms with van der Waals surface area (Å²) in [5, 5.41) is 3.04. The van der Waals surface area contributed by atoms with Gasteiger partial charge in [0.2, 0.25) is 0 Å². The van der Waals surface area contributed by atoms with Gasteiger partial charge in [0.25, 0.3) is 0 Å². The first kappa shape index (κ1) is 12.6. The van der Waals surface area contributed by atoms with E-state index >= 15 is 0 Å². The van der Waals surface area contributed by atoms with Crippen LogP contribution in [0, 0.1) is 17.6 Å². The van der Waals surface area contributed by atoms with E-state index in [-0.39, 0.29) is 11.2 Å². The molecule has 2 nitrogen and oxygen atoms in total. The van der Waals surface area contributed by atoms with Crippen molar-refractivity contribution in [1.29, 1.82) is 0 Å². The summed E-state index contributed by atoms with van der Waals surface area (Å²) in [6.45, 7) is 0.587. The smallest absolute Gasteiger partial charge is 0.168 e. The van der Waals surface area contributed by atoms with Gasteiger partial charge >= 0.3 is 0 Å². The van der Waals surface area contributed by atoms with Crippen LogP contribution < -0.4 is 5.32 Å². The Labute approximate surface area is 104 Å². The van der Waals surface area contributed by atoms with Gasteiger partial charge in [-0.25, -0.2) is 13.8 Å². The van der Waals surface area contributed by atoms with E-state index in [9.17, 15) is 8.78 Å². The Balaban J connectivity index is 1.92. The number of pyridine rings is 1. The normalized spacial score (nSPS) is 24.6. The summed E-state index contributed by atoms with van der Waals surface area (Å²) >= 11 is 6.20. The van der Waals surface area contributed by atoms with Gasteiger partial charge < -0.3 is 5.32 Å². The fourth-order valence-electron chi connectivity index (χ4n) is 2.16. The lowest BCUT2D eigenvalue weighted by Gasteiger charge is -2.27. The third-order valence-electron chi connectivity index (χ3n) is 3.16. The predicted molar refractivity (Wildman–Crippen MR) is 64.2 cm³/mol. The Bertz CT molecular complexity index is 387. The molecule has 0 aromatic carbocycles. The van der Waals surface area contributed by atoms with Crippen LogP contribution in [0.2, 0.25) is 0 Å². The zero-order chi connectivity index (χ0) is 12.3. The van der Waals surface area contributed by atoms with Crippen molar-refractivity contribution in [2.24, 2.45) is 5.92 Å². The maximum Gasteiger partial charge on any atom is 0.168 e. The van der Waals surface area contributed by atoms with E-state index in [0.717, 1.165) is 37.9 Å². The highest BCUT2D eigenvalue weighted by Crippen LogP contribution is 2.28.